The quantitative estimate of drug-likeness (QED) is 0.889. The topological polar surface area (TPSA) is 41.1 Å². The summed E-state index contributed by atoms with van der Waals surface area (Å²) in [6.07, 6.45) is 5.06. The van der Waals surface area contributed by atoms with Gasteiger partial charge in [-0.3, -0.25) is 4.79 Å². The van der Waals surface area contributed by atoms with Crippen LogP contribution in [0.5, 0.6) is 0 Å². The van der Waals surface area contributed by atoms with Crippen LogP contribution in [0.4, 0.5) is 5.69 Å². The first kappa shape index (κ1) is 14.5. The normalized spacial score (nSPS) is 23.1. The van der Waals surface area contributed by atoms with E-state index in [1.807, 2.05) is 24.3 Å². The molecule has 0 heterocycles. The molecule has 2 N–H and O–H groups in total. The average Bonchev–Trinajstić information content (AvgIpc) is 2.40. The predicted molar refractivity (Wildman–Crippen MR) is 82.2 cm³/mol. The van der Waals surface area contributed by atoms with Gasteiger partial charge in [0.2, 0.25) is 5.91 Å². The maximum atomic E-state index is 11.9. The Morgan fingerprint density at radius 1 is 1.26 bits per heavy atom. The molecule has 1 aliphatic rings. The van der Waals surface area contributed by atoms with Gasteiger partial charge in [0.05, 0.1) is 6.54 Å². The molecule has 1 aromatic carbocycles. The van der Waals surface area contributed by atoms with Crippen molar-refractivity contribution in [1.82, 2.24) is 5.32 Å². The van der Waals surface area contributed by atoms with E-state index in [4.69, 9.17) is 0 Å². The molecule has 1 aliphatic carbocycles. The molecule has 1 fully saturated rings. The van der Waals surface area contributed by atoms with E-state index in [-0.39, 0.29) is 5.91 Å². The van der Waals surface area contributed by atoms with Crippen molar-refractivity contribution in [1.29, 1.82) is 0 Å². The molecule has 0 aromatic heterocycles. The first-order chi connectivity index (χ1) is 9.15. The van der Waals surface area contributed by atoms with E-state index in [2.05, 4.69) is 33.5 Å². The van der Waals surface area contributed by atoms with E-state index in [1.165, 1.54) is 25.7 Å². The van der Waals surface area contributed by atoms with Crippen LogP contribution in [0.1, 0.15) is 32.6 Å². The number of hydrogen-bond acceptors (Lipinski definition) is 2. The van der Waals surface area contributed by atoms with Crippen molar-refractivity contribution in [3.8, 4) is 0 Å². The molecule has 1 saturated carbocycles. The third-order valence-electron chi connectivity index (χ3n) is 3.76. The lowest BCUT2D eigenvalue weighted by atomic mass is 9.86. The lowest BCUT2D eigenvalue weighted by molar-refractivity contribution is -0.115. The van der Waals surface area contributed by atoms with Gasteiger partial charge in [-0.1, -0.05) is 35.7 Å². The van der Waals surface area contributed by atoms with Crippen LogP contribution in [-0.4, -0.2) is 18.5 Å². The number of rotatable bonds is 4. The number of benzene rings is 1. The zero-order valence-corrected chi connectivity index (χ0v) is 12.9. The van der Waals surface area contributed by atoms with Gasteiger partial charge in [-0.2, -0.15) is 0 Å². The van der Waals surface area contributed by atoms with Crippen LogP contribution in [0.2, 0.25) is 0 Å². The van der Waals surface area contributed by atoms with Crippen LogP contribution < -0.4 is 10.6 Å². The van der Waals surface area contributed by atoms with Gasteiger partial charge in [0.15, 0.2) is 0 Å². The van der Waals surface area contributed by atoms with Gasteiger partial charge in [0.1, 0.15) is 0 Å². The Labute approximate surface area is 123 Å². The first-order valence-electron chi connectivity index (χ1n) is 6.94. The summed E-state index contributed by atoms with van der Waals surface area (Å²) < 4.78 is 1.01. The summed E-state index contributed by atoms with van der Waals surface area (Å²) in [6.45, 7) is 2.66. The molecular formula is C15H21BrN2O. The highest BCUT2D eigenvalue weighted by Crippen LogP contribution is 2.23. The van der Waals surface area contributed by atoms with Gasteiger partial charge in [0, 0.05) is 16.2 Å². The molecule has 2 rings (SSSR count). The number of anilines is 1. The van der Waals surface area contributed by atoms with Crippen LogP contribution in [0.25, 0.3) is 0 Å². The zero-order valence-electron chi connectivity index (χ0n) is 11.3. The summed E-state index contributed by atoms with van der Waals surface area (Å²) in [4.78, 5) is 11.9. The monoisotopic (exact) mass is 324 g/mol. The Morgan fingerprint density at radius 3 is 2.63 bits per heavy atom. The molecule has 2 unspecified atom stereocenters. The molecule has 3 nitrogen and oxygen atoms in total. The minimum atomic E-state index is 0.0279. The van der Waals surface area contributed by atoms with Crippen molar-refractivity contribution in [3.05, 3.63) is 28.7 Å². The van der Waals surface area contributed by atoms with Crippen molar-refractivity contribution in [3.63, 3.8) is 0 Å². The molecule has 0 radical (unpaired) electrons. The predicted octanol–water partition coefficient (Wildman–Crippen LogP) is 3.56. The maximum Gasteiger partial charge on any atom is 0.238 e. The summed E-state index contributed by atoms with van der Waals surface area (Å²) in [7, 11) is 0. The number of carbonyl (C=O) groups excluding carboxylic acids is 1. The van der Waals surface area contributed by atoms with Crippen LogP contribution >= 0.6 is 15.9 Å². The highest BCUT2D eigenvalue weighted by molar-refractivity contribution is 9.10. The summed E-state index contributed by atoms with van der Waals surface area (Å²) in [5.74, 6) is 0.703. The minimum Gasteiger partial charge on any atom is -0.325 e. The van der Waals surface area contributed by atoms with Crippen molar-refractivity contribution in [2.24, 2.45) is 5.92 Å². The number of halogens is 1. The molecule has 0 aliphatic heterocycles. The Bertz CT molecular complexity index is 419. The number of hydrogen-bond donors (Lipinski definition) is 2. The fourth-order valence-electron chi connectivity index (χ4n) is 2.58. The van der Waals surface area contributed by atoms with Gasteiger partial charge in [-0.05, 0) is 43.0 Å². The molecule has 0 spiro atoms. The van der Waals surface area contributed by atoms with Crippen LogP contribution in [-0.2, 0) is 4.79 Å². The molecule has 1 amide bonds. The Morgan fingerprint density at radius 2 is 1.95 bits per heavy atom. The van der Waals surface area contributed by atoms with Gasteiger partial charge in [0.25, 0.3) is 0 Å². The van der Waals surface area contributed by atoms with Crippen LogP contribution in [0.15, 0.2) is 28.7 Å². The molecular weight excluding hydrogens is 304 g/mol. The second-order valence-electron chi connectivity index (χ2n) is 5.30. The average molecular weight is 325 g/mol. The molecule has 104 valence electrons. The SMILES string of the molecule is CC1CCCCC1NCC(=O)Nc1ccc(Br)cc1. The van der Waals surface area contributed by atoms with Gasteiger partial charge in [-0.15, -0.1) is 0 Å². The fourth-order valence-corrected chi connectivity index (χ4v) is 2.85. The summed E-state index contributed by atoms with van der Waals surface area (Å²) in [6, 6.07) is 8.12. The summed E-state index contributed by atoms with van der Waals surface area (Å²) in [5, 5.41) is 6.28. The van der Waals surface area contributed by atoms with E-state index in [0.29, 0.717) is 18.5 Å². The third kappa shape index (κ3) is 4.62. The van der Waals surface area contributed by atoms with Crippen molar-refractivity contribution < 1.29 is 4.79 Å². The number of carbonyl (C=O) groups is 1. The Kier molecular flexibility index (Phi) is 5.40. The zero-order chi connectivity index (χ0) is 13.7. The van der Waals surface area contributed by atoms with E-state index < -0.39 is 0 Å². The van der Waals surface area contributed by atoms with Gasteiger partial charge in [-0.25, -0.2) is 0 Å². The Balaban J connectivity index is 1.76. The van der Waals surface area contributed by atoms with E-state index in [9.17, 15) is 4.79 Å². The standard InChI is InChI=1S/C15H21BrN2O/c1-11-4-2-3-5-14(11)17-10-15(19)18-13-8-6-12(16)7-9-13/h6-9,11,14,17H,2-5,10H2,1H3,(H,18,19). The smallest absolute Gasteiger partial charge is 0.238 e. The number of nitrogens with one attached hydrogen (secondary N) is 2. The third-order valence-corrected chi connectivity index (χ3v) is 4.29. The highest BCUT2D eigenvalue weighted by Gasteiger charge is 2.21. The van der Waals surface area contributed by atoms with Gasteiger partial charge < -0.3 is 10.6 Å². The fraction of sp³-hybridized carbons (Fsp3) is 0.533. The molecule has 4 heteroatoms. The summed E-state index contributed by atoms with van der Waals surface area (Å²) in [5.41, 5.74) is 0.840. The van der Waals surface area contributed by atoms with E-state index in [0.717, 1.165) is 10.2 Å². The first-order valence-corrected chi connectivity index (χ1v) is 7.73. The van der Waals surface area contributed by atoms with Crippen LogP contribution in [0.3, 0.4) is 0 Å². The van der Waals surface area contributed by atoms with E-state index >= 15 is 0 Å². The van der Waals surface area contributed by atoms with Gasteiger partial charge >= 0.3 is 0 Å². The minimum absolute atomic E-state index is 0.0279. The molecule has 1 aromatic rings. The Hall–Kier alpha value is -0.870. The molecule has 0 bridgehead atoms. The largest absolute Gasteiger partial charge is 0.325 e. The van der Waals surface area contributed by atoms with E-state index in [1.54, 1.807) is 0 Å². The molecule has 19 heavy (non-hydrogen) atoms. The maximum absolute atomic E-state index is 11.9. The number of amides is 1. The molecule has 2 atom stereocenters. The van der Waals surface area contributed by atoms with Crippen molar-refractivity contribution in [2.45, 2.75) is 38.6 Å². The summed E-state index contributed by atoms with van der Waals surface area (Å²) >= 11 is 3.38. The highest BCUT2D eigenvalue weighted by atomic mass is 79.9. The van der Waals surface area contributed by atoms with Crippen molar-refractivity contribution >= 4 is 27.5 Å². The second-order valence-corrected chi connectivity index (χ2v) is 6.22. The lowest BCUT2D eigenvalue weighted by Gasteiger charge is -2.29. The second kappa shape index (κ2) is 7.06. The molecule has 0 saturated heterocycles. The van der Waals surface area contributed by atoms with Crippen LogP contribution in [0, 0.1) is 5.92 Å². The lowest BCUT2D eigenvalue weighted by Crippen LogP contribution is -2.41. The van der Waals surface area contributed by atoms with Crippen molar-refractivity contribution in [2.75, 3.05) is 11.9 Å².